The van der Waals surface area contributed by atoms with Crippen molar-refractivity contribution in [3.05, 3.63) is 95.6 Å². The number of rotatable bonds is 7. The molecule has 0 radical (unpaired) electrons. The summed E-state index contributed by atoms with van der Waals surface area (Å²) in [6.45, 7) is 0. The van der Waals surface area contributed by atoms with Gasteiger partial charge in [-0.1, -0.05) is 36.4 Å². The lowest BCUT2D eigenvalue weighted by Crippen LogP contribution is -2.37. The van der Waals surface area contributed by atoms with Gasteiger partial charge < -0.3 is 5.32 Å². The summed E-state index contributed by atoms with van der Waals surface area (Å²) in [5.41, 5.74) is 2.01. The molecule has 3 aromatic rings. The Kier molecular flexibility index (Phi) is 6.93. The SMILES string of the molecule is O=C(NO)c1ccc(NC(=O)[C@@H](NS(=O)(=O)c2c(F)cccc2F)c2ccccc2)cc1. The largest absolute Gasteiger partial charge is 0.324 e. The van der Waals surface area contributed by atoms with Crippen molar-refractivity contribution in [2.45, 2.75) is 10.9 Å². The number of carbonyl (C=O) groups excluding carboxylic acids is 2. The number of amides is 2. The fourth-order valence-corrected chi connectivity index (χ4v) is 4.18. The van der Waals surface area contributed by atoms with Crippen molar-refractivity contribution in [2.75, 3.05) is 5.32 Å². The molecule has 0 saturated heterocycles. The van der Waals surface area contributed by atoms with Gasteiger partial charge in [0.25, 0.3) is 5.91 Å². The summed E-state index contributed by atoms with van der Waals surface area (Å²) < 4.78 is 55.6. The van der Waals surface area contributed by atoms with E-state index in [1.807, 2.05) is 4.72 Å². The lowest BCUT2D eigenvalue weighted by molar-refractivity contribution is -0.117. The van der Waals surface area contributed by atoms with Crippen molar-refractivity contribution in [1.29, 1.82) is 0 Å². The van der Waals surface area contributed by atoms with E-state index in [0.29, 0.717) is 0 Å². The van der Waals surface area contributed by atoms with E-state index in [1.165, 1.54) is 41.9 Å². The second kappa shape index (κ2) is 9.64. The molecule has 0 aromatic heterocycles. The van der Waals surface area contributed by atoms with Gasteiger partial charge in [0.05, 0.1) is 0 Å². The predicted molar refractivity (Wildman–Crippen MR) is 110 cm³/mol. The number of nitrogens with one attached hydrogen (secondary N) is 3. The van der Waals surface area contributed by atoms with Crippen LogP contribution in [0.5, 0.6) is 0 Å². The molecule has 0 bridgehead atoms. The van der Waals surface area contributed by atoms with E-state index in [1.54, 1.807) is 18.2 Å². The van der Waals surface area contributed by atoms with Crippen LogP contribution in [0.3, 0.4) is 0 Å². The van der Waals surface area contributed by atoms with Crippen LogP contribution in [0, 0.1) is 11.6 Å². The fraction of sp³-hybridized carbons (Fsp3) is 0.0476. The molecule has 166 valence electrons. The minimum Gasteiger partial charge on any atom is -0.324 e. The average molecular weight is 461 g/mol. The lowest BCUT2D eigenvalue weighted by atomic mass is 10.1. The molecule has 32 heavy (non-hydrogen) atoms. The smallest absolute Gasteiger partial charge is 0.274 e. The Balaban J connectivity index is 1.91. The number of sulfonamides is 1. The molecule has 3 aromatic carbocycles. The van der Waals surface area contributed by atoms with E-state index in [4.69, 9.17) is 5.21 Å². The molecule has 0 aliphatic carbocycles. The zero-order valence-electron chi connectivity index (χ0n) is 16.2. The number of hydrogen-bond acceptors (Lipinski definition) is 5. The van der Waals surface area contributed by atoms with Crippen LogP contribution in [0.4, 0.5) is 14.5 Å². The van der Waals surface area contributed by atoms with Gasteiger partial charge in [0.15, 0.2) is 4.90 Å². The van der Waals surface area contributed by atoms with Gasteiger partial charge in [-0.05, 0) is 42.0 Å². The molecule has 4 N–H and O–H groups in total. The number of halogens is 2. The third-order valence-electron chi connectivity index (χ3n) is 4.37. The van der Waals surface area contributed by atoms with E-state index < -0.39 is 44.4 Å². The summed E-state index contributed by atoms with van der Waals surface area (Å²) in [7, 11) is -4.77. The van der Waals surface area contributed by atoms with Gasteiger partial charge in [-0.25, -0.2) is 22.7 Å². The van der Waals surface area contributed by atoms with Crippen molar-refractivity contribution in [2.24, 2.45) is 0 Å². The molecule has 2 amide bonds. The first kappa shape index (κ1) is 23.0. The number of hydrogen-bond donors (Lipinski definition) is 4. The number of anilines is 1. The highest BCUT2D eigenvalue weighted by Gasteiger charge is 2.31. The third-order valence-corrected chi connectivity index (χ3v) is 5.85. The monoisotopic (exact) mass is 461 g/mol. The minimum absolute atomic E-state index is 0.112. The Morgan fingerprint density at radius 2 is 1.44 bits per heavy atom. The Morgan fingerprint density at radius 1 is 0.844 bits per heavy atom. The molecular weight excluding hydrogens is 444 g/mol. The van der Waals surface area contributed by atoms with Crippen molar-refractivity contribution in [3.8, 4) is 0 Å². The molecule has 8 nitrogen and oxygen atoms in total. The molecule has 0 unspecified atom stereocenters. The Labute approximate surface area is 181 Å². The number of hydroxylamine groups is 1. The van der Waals surface area contributed by atoms with Crippen LogP contribution in [0.25, 0.3) is 0 Å². The van der Waals surface area contributed by atoms with Crippen LogP contribution in [0.15, 0.2) is 77.7 Å². The molecule has 11 heteroatoms. The maximum atomic E-state index is 14.1. The summed E-state index contributed by atoms with van der Waals surface area (Å²) in [6, 6.07) is 14.1. The summed E-state index contributed by atoms with van der Waals surface area (Å²) in [4.78, 5) is 23.1. The second-order valence-corrected chi connectivity index (χ2v) is 8.17. The molecule has 3 rings (SSSR count). The van der Waals surface area contributed by atoms with Gasteiger partial charge in [-0.3, -0.25) is 14.8 Å². The topological polar surface area (TPSA) is 125 Å². The number of benzene rings is 3. The molecule has 0 aliphatic rings. The highest BCUT2D eigenvalue weighted by atomic mass is 32.2. The summed E-state index contributed by atoms with van der Waals surface area (Å²) in [5.74, 6) is -4.20. The van der Waals surface area contributed by atoms with Crippen LogP contribution in [0.1, 0.15) is 22.0 Å². The van der Waals surface area contributed by atoms with Crippen molar-refractivity contribution < 1.29 is 32.0 Å². The maximum Gasteiger partial charge on any atom is 0.274 e. The van der Waals surface area contributed by atoms with Crippen LogP contribution in [0.2, 0.25) is 0 Å². The van der Waals surface area contributed by atoms with Gasteiger partial charge in [0, 0.05) is 11.3 Å². The van der Waals surface area contributed by atoms with Crippen LogP contribution >= 0.6 is 0 Å². The van der Waals surface area contributed by atoms with E-state index in [0.717, 1.165) is 18.2 Å². The van der Waals surface area contributed by atoms with Crippen molar-refractivity contribution in [3.63, 3.8) is 0 Å². The summed E-state index contributed by atoms with van der Waals surface area (Å²) in [6.07, 6.45) is 0. The standard InChI is InChI=1S/C21H17F2N3O5S/c22-16-7-4-8-17(23)19(16)32(30,31)26-18(13-5-2-1-3-6-13)21(28)24-15-11-9-14(10-12-15)20(27)25-29/h1-12,18,26,29H,(H,24,28)(H,25,27)/t18-/m0/s1. The van der Waals surface area contributed by atoms with Gasteiger partial charge in [-0.2, -0.15) is 4.72 Å². The molecule has 0 fully saturated rings. The van der Waals surface area contributed by atoms with E-state index in [9.17, 15) is 26.8 Å². The normalized spacial score (nSPS) is 12.1. The maximum absolute atomic E-state index is 14.1. The van der Waals surface area contributed by atoms with Gasteiger partial charge in [0.2, 0.25) is 15.9 Å². The molecular formula is C21H17F2N3O5S. The summed E-state index contributed by atoms with van der Waals surface area (Å²) >= 11 is 0. The highest BCUT2D eigenvalue weighted by molar-refractivity contribution is 7.89. The third kappa shape index (κ3) is 5.14. The first-order valence-corrected chi connectivity index (χ1v) is 10.6. The predicted octanol–water partition coefficient (Wildman–Crippen LogP) is 2.74. The van der Waals surface area contributed by atoms with Gasteiger partial charge in [0.1, 0.15) is 17.7 Å². The van der Waals surface area contributed by atoms with E-state index in [-0.39, 0.29) is 16.8 Å². The quantitative estimate of drug-likeness (QED) is 0.318. The highest BCUT2D eigenvalue weighted by Crippen LogP contribution is 2.23. The molecule has 1 atom stereocenters. The Hall–Kier alpha value is -3.67. The molecule has 0 heterocycles. The number of carbonyl (C=O) groups is 2. The van der Waals surface area contributed by atoms with Gasteiger partial charge >= 0.3 is 0 Å². The molecule has 0 aliphatic heterocycles. The second-order valence-electron chi connectivity index (χ2n) is 6.52. The first-order valence-electron chi connectivity index (χ1n) is 9.09. The minimum atomic E-state index is -4.77. The first-order chi connectivity index (χ1) is 15.2. The Morgan fingerprint density at radius 3 is 2.00 bits per heavy atom. The van der Waals surface area contributed by atoms with Crippen molar-refractivity contribution >= 4 is 27.5 Å². The molecule has 0 spiro atoms. The average Bonchev–Trinajstić information content (AvgIpc) is 2.77. The van der Waals surface area contributed by atoms with Gasteiger partial charge in [-0.15, -0.1) is 0 Å². The summed E-state index contributed by atoms with van der Waals surface area (Å²) in [5, 5.41) is 11.1. The van der Waals surface area contributed by atoms with Crippen LogP contribution in [-0.4, -0.2) is 25.4 Å². The molecule has 0 saturated carbocycles. The zero-order chi connectivity index (χ0) is 23.3. The lowest BCUT2D eigenvalue weighted by Gasteiger charge is -2.19. The van der Waals surface area contributed by atoms with E-state index >= 15 is 0 Å². The van der Waals surface area contributed by atoms with Crippen molar-refractivity contribution in [1.82, 2.24) is 10.2 Å². The fourth-order valence-electron chi connectivity index (χ4n) is 2.86. The Bertz CT molecular complexity index is 1220. The van der Waals surface area contributed by atoms with Crippen LogP contribution in [-0.2, 0) is 14.8 Å². The zero-order valence-corrected chi connectivity index (χ0v) is 17.1. The van der Waals surface area contributed by atoms with E-state index in [2.05, 4.69) is 5.32 Å². The van der Waals surface area contributed by atoms with Crippen LogP contribution < -0.4 is 15.5 Å².